The molecule has 0 saturated heterocycles. The molecule has 0 amide bonds. The zero-order chi connectivity index (χ0) is 11.3. The van der Waals surface area contributed by atoms with Crippen LogP contribution in [0.5, 0.6) is 0 Å². The predicted octanol–water partition coefficient (Wildman–Crippen LogP) is 2.56. The smallest absolute Gasteiger partial charge is 0.0340 e. The molecule has 0 spiro atoms. The Morgan fingerprint density at radius 3 is 2.73 bits per heavy atom. The van der Waals surface area contributed by atoms with Gasteiger partial charge in [-0.15, -0.1) is 12.6 Å². The normalized spacial score (nSPS) is 11.5. The predicted molar refractivity (Wildman–Crippen MR) is 70.3 cm³/mol. The van der Waals surface area contributed by atoms with E-state index in [1.807, 2.05) is 7.05 Å². The molecule has 0 saturated carbocycles. The minimum absolute atomic E-state index is 0.812. The molecular weight excluding hydrogens is 204 g/mol. The van der Waals surface area contributed by atoms with Crippen LogP contribution in [-0.2, 0) is 12.8 Å². The zero-order valence-corrected chi connectivity index (χ0v) is 10.1. The van der Waals surface area contributed by atoms with Crippen LogP contribution < -0.4 is 11.1 Å². The molecule has 0 radical (unpaired) electrons. The van der Waals surface area contributed by atoms with Gasteiger partial charge in [0.2, 0.25) is 0 Å². The average Bonchev–Trinajstić information content (AvgIpc) is 2.29. The van der Waals surface area contributed by atoms with E-state index in [1.165, 1.54) is 11.1 Å². The Morgan fingerprint density at radius 1 is 1.47 bits per heavy atom. The molecule has 0 unspecified atom stereocenters. The van der Waals surface area contributed by atoms with E-state index in [1.54, 1.807) is 6.20 Å². The number of nitrogens with two attached hydrogens (primary N) is 1. The summed E-state index contributed by atoms with van der Waals surface area (Å²) in [5, 5.41) is 3.14. The van der Waals surface area contributed by atoms with Gasteiger partial charge in [0.25, 0.3) is 0 Å². The number of hydrogen-bond donors (Lipinski definition) is 3. The van der Waals surface area contributed by atoms with E-state index in [2.05, 4.69) is 43.1 Å². The minimum Gasteiger partial charge on any atom is -0.404 e. The summed E-state index contributed by atoms with van der Waals surface area (Å²) in [4.78, 5) is 0.905. The Kier molecular flexibility index (Phi) is 4.56. The van der Waals surface area contributed by atoms with Gasteiger partial charge in [-0.1, -0.05) is 13.0 Å². The summed E-state index contributed by atoms with van der Waals surface area (Å²) < 4.78 is 0. The van der Waals surface area contributed by atoms with Crippen molar-refractivity contribution >= 4 is 18.3 Å². The minimum atomic E-state index is 0.812. The number of aryl methyl sites for hydroxylation is 1. The van der Waals surface area contributed by atoms with Gasteiger partial charge in [0, 0.05) is 30.3 Å². The van der Waals surface area contributed by atoms with Crippen molar-refractivity contribution in [3.8, 4) is 0 Å². The molecule has 1 rings (SSSR count). The largest absolute Gasteiger partial charge is 0.404 e. The first-order valence-electron chi connectivity index (χ1n) is 5.10. The van der Waals surface area contributed by atoms with Crippen molar-refractivity contribution in [3.05, 3.63) is 40.4 Å². The molecule has 0 bridgehead atoms. The van der Waals surface area contributed by atoms with E-state index >= 15 is 0 Å². The summed E-state index contributed by atoms with van der Waals surface area (Å²) >= 11 is 4.30. The molecule has 1 aromatic carbocycles. The fraction of sp³-hybridized carbons (Fsp3) is 0.333. The fourth-order valence-electron chi connectivity index (χ4n) is 1.54. The lowest BCUT2D eigenvalue weighted by Crippen LogP contribution is -1.97. The van der Waals surface area contributed by atoms with Gasteiger partial charge in [0.15, 0.2) is 0 Å². The van der Waals surface area contributed by atoms with Crippen molar-refractivity contribution in [1.82, 2.24) is 0 Å². The van der Waals surface area contributed by atoms with Gasteiger partial charge < -0.3 is 11.1 Å². The quantitative estimate of drug-likeness (QED) is 0.685. The third kappa shape index (κ3) is 3.20. The van der Waals surface area contributed by atoms with Crippen molar-refractivity contribution in [2.45, 2.75) is 19.8 Å². The van der Waals surface area contributed by atoms with Gasteiger partial charge in [-0.2, -0.15) is 0 Å². The first kappa shape index (κ1) is 12.0. The van der Waals surface area contributed by atoms with Crippen LogP contribution in [0, 0.1) is 0 Å². The van der Waals surface area contributed by atoms with Gasteiger partial charge in [0.1, 0.15) is 0 Å². The Balaban J connectivity index is 2.97. The number of anilines is 1. The Labute approximate surface area is 97.0 Å². The van der Waals surface area contributed by atoms with Crippen LogP contribution in [0.15, 0.2) is 29.3 Å². The van der Waals surface area contributed by atoms with Crippen LogP contribution in [0.25, 0.3) is 0 Å². The molecular formula is C12H18N2S. The van der Waals surface area contributed by atoms with E-state index in [0.29, 0.717) is 0 Å². The van der Waals surface area contributed by atoms with E-state index in [-0.39, 0.29) is 0 Å². The molecule has 0 aliphatic heterocycles. The van der Waals surface area contributed by atoms with E-state index in [4.69, 9.17) is 5.73 Å². The van der Waals surface area contributed by atoms with Crippen molar-refractivity contribution in [3.63, 3.8) is 0 Å². The van der Waals surface area contributed by atoms with Crippen LogP contribution in [0.1, 0.15) is 18.1 Å². The van der Waals surface area contributed by atoms with Gasteiger partial charge >= 0.3 is 0 Å². The number of nitrogens with one attached hydrogen (secondary N) is 1. The lowest BCUT2D eigenvalue weighted by Gasteiger charge is -2.10. The lowest BCUT2D eigenvalue weighted by atomic mass is 10.0. The number of rotatable bonds is 4. The summed E-state index contributed by atoms with van der Waals surface area (Å²) in [5.74, 6) is 0. The van der Waals surface area contributed by atoms with Gasteiger partial charge in [-0.25, -0.2) is 0 Å². The molecule has 3 N–H and O–H groups in total. The number of allylic oxidation sites excluding steroid dienone is 1. The fourth-order valence-corrected chi connectivity index (χ4v) is 1.71. The van der Waals surface area contributed by atoms with Gasteiger partial charge in [-0.05, 0) is 29.7 Å². The van der Waals surface area contributed by atoms with Crippen LogP contribution >= 0.6 is 12.6 Å². The first-order chi connectivity index (χ1) is 7.21. The average molecular weight is 222 g/mol. The van der Waals surface area contributed by atoms with Crippen LogP contribution in [0.3, 0.4) is 0 Å². The zero-order valence-electron chi connectivity index (χ0n) is 9.25. The van der Waals surface area contributed by atoms with Crippen molar-refractivity contribution in [2.75, 3.05) is 12.4 Å². The van der Waals surface area contributed by atoms with Gasteiger partial charge in [0.05, 0.1) is 0 Å². The number of benzene rings is 1. The SMILES string of the molecule is CCc1cc(NC)ccc1C/C(S)=C/N. The second-order valence-electron chi connectivity index (χ2n) is 3.42. The third-order valence-electron chi connectivity index (χ3n) is 2.44. The van der Waals surface area contributed by atoms with Crippen molar-refractivity contribution in [2.24, 2.45) is 5.73 Å². The molecule has 15 heavy (non-hydrogen) atoms. The standard InChI is InChI=1S/C12H18N2S/c1-3-9-6-11(14-2)5-4-10(9)7-12(15)8-13/h4-6,8,14-15H,3,7,13H2,1-2H3/b12-8-. The Hall–Kier alpha value is -1.09. The Bertz CT molecular complexity index is 359. The molecule has 0 aliphatic carbocycles. The summed E-state index contributed by atoms with van der Waals surface area (Å²) in [6.45, 7) is 2.16. The van der Waals surface area contributed by atoms with Crippen LogP contribution in [0.4, 0.5) is 5.69 Å². The van der Waals surface area contributed by atoms with Crippen LogP contribution in [0.2, 0.25) is 0 Å². The highest BCUT2D eigenvalue weighted by Gasteiger charge is 2.03. The molecule has 0 aliphatic rings. The first-order valence-corrected chi connectivity index (χ1v) is 5.55. The summed E-state index contributed by atoms with van der Waals surface area (Å²) in [7, 11) is 1.93. The maximum Gasteiger partial charge on any atom is 0.0340 e. The second-order valence-corrected chi connectivity index (χ2v) is 4.00. The molecule has 0 fully saturated rings. The monoisotopic (exact) mass is 222 g/mol. The highest BCUT2D eigenvalue weighted by molar-refractivity contribution is 7.84. The highest BCUT2D eigenvalue weighted by Crippen LogP contribution is 2.20. The van der Waals surface area contributed by atoms with Gasteiger partial charge in [-0.3, -0.25) is 0 Å². The third-order valence-corrected chi connectivity index (χ3v) is 2.75. The molecule has 0 atom stereocenters. The van der Waals surface area contributed by atoms with Crippen molar-refractivity contribution in [1.29, 1.82) is 0 Å². The maximum atomic E-state index is 5.42. The summed E-state index contributed by atoms with van der Waals surface area (Å²) in [5.41, 5.74) is 9.20. The highest BCUT2D eigenvalue weighted by atomic mass is 32.1. The summed E-state index contributed by atoms with van der Waals surface area (Å²) in [6, 6.07) is 6.38. The molecule has 0 aromatic heterocycles. The van der Waals surface area contributed by atoms with Crippen molar-refractivity contribution < 1.29 is 0 Å². The van der Waals surface area contributed by atoms with E-state index < -0.39 is 0 Å². The van der Waals surface area contributed by atoms with Crippen LogP contribution in [-0.4, -0.2) is 7.05 Å². The molecule has 2 nitrogen and oxygen atoms in total. The topological polar surface area (TPSA) is 38.0 Å². The van der Waals surface area contributed by atoms with E-state index in [0.717, 1.165) is 23.4 Å². The maximum absolute atomic E-state index is 5.42. The number of hydrogen-bond acceptors (Lipinski definition) is 3. The second kappa shape index (κ2) is 5.71. The van der Waals surface area contributed by atoms with E-state index in [9.17, 15) is 0 Å². The summed E-state index contributed by atoms with van der Waals surface area (Å²) in [6.07, 6.45) is 3.39. The Morgan fingerprint density at radius 2 is 2.20 bits per heavy atom. The lowest BCUT2D eigenvalue weighted by molar-refractivity contribution is 1.07. The molecule has 0 heterocycles. The molecule has 3 heteroatoms. The molecule has 82 valence electrons. The molecule has 1 aromatic rings. The number of thiol groups is 1.